The summed E-state index contributed by atoms with van der Waals surface area (Å²) < 4.78 is 0. The number of carbonyl (C=O) groups excluding carboxylic acids is 1. The third-order valence-electron chi connectivity index (χ3n) is 3.48. The maximum Gasteiger partial charge on any atom is 0.337 e. The van der Waals surface area contributed by atoms with E-state index in [2.05, 4.69) is 22.1 Å². The Labute approximate surface area is 117 Å². The van der Waals surface area contributed by atoms with Crippen molar-refractivity contribution < 1.29 is 14.7 Å². The molecule has 1 aliphatic heterocycles. The number of carboxylic acids is 1. The lowest BCUT2D eigenvalue weighted by Crippen LogP contribution is -2.53. The second-order valence-corrected chi connectivity index (χ2v) is 4.97. The summed E-state index contributed by atoms with van der Waals surface area (Å²) in [7, 11) is 2.03. The molecule has 2 N–H and O–H groups in total. The maximum absolute atomic E-state index is 12.1. The van der Waals surface area contributed by atoms with E-state index in [4.69, 9.17) is 5.11 Å². The Morgan fingerprint density at radius 3 is 2.80 bits per heavy atom. The van der Waals surface area contributed by atoms with Gasteiger partial charge in [0.15, 0.2) is 0 Å². The van der Waals surface area contributed by atoms with Crippen molar-refractivity contribution in [2.75, 3.05) is 32.0 Å². The number of carbonyl (C=O) groups is 2. The fourth-order valence-electron chi connectivity index (χ4n) is 2.06. The molecule has 2 heterocycles. The van der Waals surface area contributed by atoms with Crippen molar-refractivity contribution >= 4 is 17.7 Å². The molecular weight excluding hydrogens is 260 g/mol. The van der Waals surface area contributed by atoms with E-state index in [9.17, 15) is 9.59 Å². The largest absolute Gasteiger partial charge is 0.478 e. The van der Waals surface area contributed by atoms with E-state index in [-0.39, 0.29) is 11.6 Å². The second kappa shape index (κ2) is 5.87. The predicted octanol–water partition coefficient (Wildman–Crippen LogP) is 0.948. The molecular formula is C13H18N4O3. The molecule has 0 aliphatic carbocycles. The van der Waals surface area contributed by atoms with Gasteiger partial charge in [-0.3, -0.25) is 4.98 Å². The molecule has 1 fully saturated rings. The predicted molar refractivity (Wildman–Crippen MR) is 73.9 cm³/mol. The number of amides is 2. The zero-order valence-electron chi connectivity index (χ0n) is 11.5. The molecule has 1 saturated heterocycles. The molecule has 0 aromatic carbocycles. The quantitative estimate of drug-likeness (QED) is 0.841. The van der Waals surface area contributed by atoms with Crippen molar-refractivity contribution in [2.24, 2.45) is 0 Å². The van der Waals surface area contributed by atoms with Crippen LogP contribution in [0.15, 0.2) is 18.5 Å². The standard InChI is InChI=1S/C13H18N4O3/c1-9-8-17(4-3-16(9)2)13(20)15-11-5-10(12(18)19)6-14-7-11/h5-7,9H,3-4,8H2,1-2H3,(H,15,20)(H,18,19). The molecule has 20 heavy (non-hydrogen) atoms. The number of rotatable bonds is 2. The fraction of sp³-hybridized carbons (Fsp3) is 0.462. The smallest absolute Gasteiger partial charge is 0.337 e. The first-order valence-electron chi connectivity index (χ1n) is 6.42. The van der Waals surface area contributed by atoms with Crippen molar-refractivity contribution in [3.8, 4) is 0 Å². The summed E-state index contributed by atoms with van der Waals surface area (Å²) in [5.74, 6) is -1.07. The lowest BCUT2D eigenvalue weighted by molar-refractivity contribution is 0.0696. The molecule has 7 nitrogen and oxygen atoms in total. The Kier molecular flexibility index (Phi) is 4.19. The number of hydrogen-bond acceptors (Lipinski definition) is 4. The van der Waals surface area contributed by atoms with Gasteiger partial charge in [0.25, 0.3) is 0 Å². The van der Waals surface area contributed by atoms with E-state index in [1.54, 1.807) is 4.90 Å². The van der Waals surface area contributed by atoms with Gasteiger partial charge in [-0.1, -0.05) is 0 Å². The van der Waals surface area contributed by atoms with Crippen molar-refractivity contribution in [3.63, 3.8) is 0 Å². The first-order valence-corrected chi connectivity index (χ1v) is 6.42. The SMILES string of the molecule is CC1CN(C(=O)Nc2cncc(C(=O)O)c2)CCN1C. The Morgan fingerprint density at radius 1 is 1.40 bits per heavy atom. The van der Waals surface area contributed by atoms with Crippen molar-refractivity contribution in [2.45, 2.75) is 13.0 Å². The molecule has 1 aromatic rings. The normalized spacial score (nSPS) is 19.7. The molecule has 2 amide bonds. The third-order valence-corrected chi connectivity index (χ3v) is 3.48. The molecule has 0 saturated carbocycles. The van der Waals surface area contributed by atoms with Crippen LogP contribution in [0.4, 0.5) is 10.5 Å². The molecule has 1 aromatic heterocycles. The maximum atomic E-state index is 12.1. The summed E-state index contributed by atoms with van der Waals surface area (Å²) >= 11 is 0. The van der Waals surface area contributed by atoms with Gasteiger partial charge < -0.3 is 20.2 Å². The van der Waals surface area contributed by atoms with Crippen LogP contribution in [0.25, 0.3) is 0 Å². The Bertz CT molecular complexity index is 520. The van der Waals surface area contributed by atoms with Gasteiger partial charge in [-0.05, 0) is 20.0 Å². The number of likely N-dealkylation sites (N-methyl/N-ethyl adjacent to an activating group) is 1. The minimum Gasteiger partial charge on any atom is -0.478 e. The highest BCUT2D eigenvalue weighted by Crippen LogP contribution is 2.12. The van der Waals surface area contributed by atoms with Crippen LogP contribution in [0, 0.1) is 0 Å². The molecule has 0 radical (unpaired) electrons. The first kappa shape index (κ1) is 14.3. The van der Waals surface area contributed by atoms with Crippen molar-refractivity contribution in [3.05, 3.63) is 24.0 Å². The Hall–Kier alpha value is -2.15. The van der Waals surface area contributed by atoms with Gasteiger partial charge in [0.1, 0.15) is 0 Å². The van der Waals surface area contributed by atoms with E-state index in [0.717, 1.165) is 6.54 Å². The third kappa shape index (κ3) is 3.24. The van der Waals surface area contributed by atoms with E-state index in [1.807, 2.05) is 7.05 Å². The lowest BCUT2D eigenvalue weighted by Gasteiger charge is -2.37. The van der Waals surface area contributed by atoms with Crippen LogP contribution in [0.1, 0.15) is 17.3 Å². The van der Waals surface area contributed by atoms with Crippen LogP contribution >= 0.6 is 0 Å². The summed E-state index contributed by atoms with van der Waals surface area (Å²) in [6.07, 6.45) is 2.68. The number of aromatic nitrogens is 1. The first-order chi connectivity index (χ1) is 9.47. The lowest BCUT2D eigenvalue weighted by atomic mass is 10.2. The van der Waals surface area contributed by atoms with E-state index in [0.29, 0.717) is 24.8 Å². The number of urea groups is 1. The number of aromatic carboxylic acids is 1. The summed E-state index contributed by atoms with van der Waals surface area (Å²) in [5, 5.41) is 11.6. The van der Waals surface area contributed by atoms with Crippen LogP contribution in [0.3, 0.4) is 0 Å². The topological polar surface area (TPSA) is 85.8 Å². The number of pyridine rings is 1. The van der Waals surface area contributed by atoms with Crippen LogP contribution in [-0.4, -0.2) is 64.6 Å². The van der Waals surface area contributed by atoms with Gasteiger partial charge in [-0.25, -0.2) is 9.59 Å². The van der Waals surface area contributed by atoms with Crippen molar-refractivity contribution in [1.29, 1.82) is 0 Å². The number of nitrogens with zero attached hydrogens (tertiary/aromatic N) is 3. The second-order valence-electron chi connectivity index (χ2n) is 4.97. The molecule has 108 valence electrons. The Morgan fingerprint density at radius 2 is 2.15 bits per heavy atom. The monoisotopic (exact) mass is 278 g/mol. The van der Waals surface area contributed by atoms with Crippen LogP contribution in [0.5, 0.6) is 0 Å². The van der Waals surface area contributed by atoms with Crippen LogP contribution < -0.4 is 5.32 Å². The molecule has 1 aliphatic rings. The Balaban J connectivity index is 2.01. The number of piperazine rings is 1. The molecule has 1 unspecified atom stereocenters. The summed E-state index contributed by atoms with van der Waals surface area (Å²) in [4.78, 5) is 30.7. The van der Waals surface area contributed by atoms with Gasteiger partial charge in [-0.15, -0.1) is 0 Å². The van der Waals surface area contributed by atoms with Gasteiger partial charge in [0, 0.05) is 31.9 Å². The summed E-state index contributed by atoms with van der Waals surface area (Å²) in [6, 6.07) is 1.47. The number of hydrogen-bond donors (Lipinski definition) is 2. The fourth-order valence-corrected chi connectivity index (χ4v) is 2.06. The van der Waals surface area contributed by atoms with Gasteiger partial charge >= 0.3 is 12.0 Å². The van der Waals surface area contributed by atoms with E-state index >= 15 is 0 Å². The highest BCUT2D eigenvalue weighted by atomic mass is 16.4. The number of nitrogens with one attached hydrogen (secondary N) is 1. The van der Waals surface area contributed by atoms with E-state index in [1.165, 1.54) is 18.5 Å². The molecule has 7 heteroatoms. The van der Waals surface area contributed by atoms with Crippen LogP contribution in [-0.2, 0) is 0 Å². The molecule has 1 atom stereocenters. The highest BCUT2D eigenvalue weighted by Gasteiger charge is 2.24. The zero-order valence-corrected chi connectivity index (χ0v) is 11.5. The minimum atomic E-state index is -1.07. The van der Waals surface area contributed by atoms with Crippen LogP contribution in [0.2, 0.25) is 0 Å². The summed E-state index contributed by atoms with van der Waals surface area (Å²) in [5.41, 5.74) is 0.441. The molecule has 0 bridgehead atoms. The van der Waals surface area contributed by atoms with Gasteiger partial charge in [0.05, 0.1) is 17.4 Å². The highest BCUT2D eigenvalue weighted by molar-refractivity contribution is 5.92. The average molecular weight is 278 g/mol. The number of anilines is 1. The van der Waals surface area contributed by atoms with E-state index < -0.39 is 5.97 Å². The van der Waals surface area contributed by atoms with Gasteiger partial charge in [0.2, 0.25) is 0 Å². The number of carboxylic acid groups (broad SMARTS) is 1. The van der Waals surface area contributed by atoms with Crippen molar-refractivity contribution in [1.82, 2.24) is 14.8 Å². The summed E-state index contributed by atoms with van der Waals surface area (Å²) in [6.45, 7) is 4.18. The minimum absolute atomic E-state index is 0.0505. The van der Waals surface area contributed by atoms with Gasteiger partial charge in [-0.2, -0.15) is 0 Å². The molecule has 0 spiro atoms. The zero-order chi connectivity index (χ0) is 14.7. The average Bonchev–Trinajstić information content (AvgIpc) is 2.42. The molecule has 2 rings (SSSR count).